The van der Waals surface area contributed by atoms with E-state index in [1.54, 1.807) is 31.4 Å². The molecule has 0 atom stereocenters. The van der Waals surface area contributed by atoms with Crippen LogP contribution in [0.2, 0.25) is 0 Å². The van der Waals surface area contributed by atoms with E-state index in [4.69, 9.17) is 18.9 Å². The van der Waals surface area contributed by atoms with Gasteiger partial charge in [-0.25, -0.2) is 9.79 Å². The van der Waals surface area contributed by atoms with Gasteiger partial charge in [-0.2, -0.15) is 0 Å². The Hall–Kier alpha value is -3.58. The summed E-state index contributed by atoms with van der Waals surface area (Å²) in [6, 6.07) is 22.2. The van der Waals surface area contributed by atoms with Crippen molar-refractivity contribution in [1.29, 1.82) is 0 Å². The number of methoxy groups -OCH3 is 1. The van der Waals surface area contributed by atoms with Crippen molar-refractivity contribution in [3.05, 3.63) is 94.1 Å². The second-order valence-electron chi connectivity index (χ2n) is 6.76. The van der Waals surface area contributed by atoms with Crippen LogP contribution < -0.4 is 14.2 Å². The molecule has 32 heavy (non-hydrogen) atoms. The van der Waals surface area contributed by atoms with Gasteiger partial charge in [0.25, 0.3) is 0 Å². The van der Waals surface area contributed by atoms with Gasteiger partial charge in [-0.1, -0.05) is 34.1 Å². The van der Waals surface area contributed by atoms with Crippen LogP contribution in [0.3, 0.4) is 0 Å². The van der Waals surface area contributed by atoms with Gasteiger partial charge < -0.3 is 18.9 Å². The molecular formula is C25H20BrNO5. The lowest BCUT2D eigenvalue weighted by molar-refractivity contribution is -0.129. The maximum atomic E-state index is 12.4. The molecule has 0 bridgehead atoms. The molecule has 7 heteroatoms. The summed E-state index contributed by atoms with van der Waals surface area (Å²) in [5.41, 5.74) is 1.57. The largest absolute Gasteiger partial charge is 0.497 e. The average molecular weight is 494 g/mol. The molecule has 1 aliphatic rings. The molecule has 0 fully saturated rings. The van der Waals surface area contributed by atoms with Crippen molar-refractivity contribution in [2.45, 2.75) is 0 Å². The maximum absolute atomic E-state index is 12.4. The van der Waals surface area contributed by atoms with Gasteiger partial charge in [0, 0.05) is 15.6 Å². The maximum Gasteiger partial charge on any atom is 0.363 e. The molecular weight excluding hydrogens is 474 g/mol. The number of hydrogen-bond donors (Lipinski definition) is 0. The van der Waals surface area contributed by atoms with Crippen LogP contribution in [0.25, 0.3) is 6.08 Å². The highest BCUT2D eigenvalue weighted by Gasteiger charge is 2.24. The molecule has 3 aromatic carbocycles. The number of cyclic esters (lactones) is 1. The summed E-state index contributed by atoms with van der Waals surface area (Å²) in [6.07, 6.45) is 1.63. The fraction of sp³-hybridized carbons (Fsp3) is 0.120. The Labute approximate surface area is 194 Å². The number of aliphatic imine (C=N–C) groups is 1. The van der Waals surface area contributed by atoms with Crippen LogP contribution in [0.15, 0.2) is 88.0 Å². The Morgan fingerprint density at radius 1 is 0.938 bits per heavy atom. The Kier molecular flexibility index (Phi) is 6.87. The van der Waals surface area contributed by atoms with Gasteiger partial charge in [0.15, 0.2) is 5.70 Å². The third kappa shape index (κ3) is 5.36. The van der Waals surface area contributed by atoms with E-state index >= 15 is 0 Å². The molecule has 162 valence electrons. The minimum atomic E-state index is -0.517. The predicted molar refractivity (Wildman–Crippen MR) is 125 cm³/mol. The number of rotatable bonds is 8. The third-order valence-corrected chi connectivity index (χ3v) is 5.10. The van der Waals surface area contributed by atoms with Crippen LogP contribution in [0.4, 0.5) is 0 Å². The van der Waals surface area contributed by atoms with E-state index in [2.05, 4.69) is 20.9 Å². The first-order valence-corrected chi connectivity index (χ1v) is 10.7. The van der Waals surface area contributed by atoms with Gasteiger partial charge in [0.1, 0.15) is 30.5 Å². The zero-order valence-electron chi connectivity index (χ0n) is 17.3. The number of halogens is 1. The normalized spacial score (nSPS) is 14.1. The van der Waals surface area contributed by atoms with E-state index in [9.17, 15) is 4.79 Å². The average Bonchev–Trinajstić information content (AvgIpc) is 3.19. The molecule has 0 saturated heterocycles. The first kappa shape index (κ1) is 21.6. The molecule has 0 unspecified atom stereocenters. The van der Waals surface area contributed by atoms with Crippen molar-refractivity contribution in [2.24, 2.45) is 4.99 Å². The van der Waals surface area contributed by atoms with Gasteiger partial charge >= 0.3 is 5.97 Å². The highest BCUT2D eigenvalue weighted by Crippen LogP contribution is 2.28. The van der Waals surface area contributed by atoms with E-state index in [0.717, 1.165) is 15.8 Å². The van der Waals surface area contributed by atoms with Crippen molar-refractivity contribution in [3.63, 3.8) is 0 Å². The van der Waals surface area contributed by atoms with Crippen molar-refractivity contribution < 1.29 is 23.7 Å². The summed E-state index contributed by atoms with van der Waals surface area (Å²) in [5, 5.41) is 0. The van der Waals surface area contributed by atoms with Crippen LogP contribution in [-0.2, 0) is 9.53 Å². The number of ether oxygens (including phenoxy) is 4. The summed E-state index contributed by atoms with van der Waals surface area (Å²) in [7, 11) is 1.58. The topological polar surface area (TPSA) is 66.3 Å². The van der Waals surface area contributed by atoms with E-state index in [1.807, 2.05) is 54.6 Å². The molecule has 0 aromatic heterocycles. The number of benzene rings is 3. The molecule has 0 amide bonds. The van der Waals surface area contributed by atoms with Crippen LogP contribution in [0.1, 0.15) is 11.1 Å². The number of carbonyl (C=O) groups excluding carboxylic acids is 1. The summed E-state index contributed by atoms with van der Waals surface area (Å²) in [5.74, 6) is 1.72. The monoisotopic (exact) mass is 493 g/mol. The van der Waals surface area contributed by atoms with Crippen molar-refractivity contribution in [2.75, 3.05) is 20.3 Å². The number of carbonyl (C=O) groups is 1. The number of esters is 1. The first-order valence-electron chi connectivity index (χ1n) is 9.89. The smallest absolute Gasteiger partial charge is 0.363 e. The number of nitrogens with zero attached hydrogens (tertiary/aromatic N) is 1. The molecule has 0 saturated carbocycles. The summed E-state index contributed by atoms with van der Waals surface area (Å²) >= 11 is 3.40. The van der Waals surface area contributed by atoms with Crippen LogP contribution >= 0.6 is 15.9 Å². The van der Waals surface area contributed by atoms with Crippen molar-refractivity contribution >= 4 is 33.9 Å². The Balaban J connectivity index is 1.49. The number of hydrogen-bond acceptors (Lipinski definition) is 6. The van der Waals surface area contributed by atoms with E-state index in [-0.39, 0.29) is 11.6 Å². The predicted octanol–water partition coefficient (Wildman–Crippen LogP) is 5.26. The van der Waals surface area contributed by atoms with Crippen molar-refractivity contribution in [3.8, 4) is 17.2 Å². The SMILES string of the molecule is COc1ccc(OCCOc2ccc(Br)cc2)c(C=C2N=C(c3ccccc3)OC2=O)c1. The second kappa shape index (κ2) is 10.2. The lowest BCUT2D eigenvalue weighted by atomic mass is 10.1. The van der Waals surface area contributed by atoms with Gasteiger partial charge in [-0.05, 0) is 60.7 Å². The zero-order chi connectivity index (χ0) is 22.3. The summed E-state index contributed by atoms with van der Waals surface area (Å²) in [4.78, 5) is 16.7. The van der Waals surface area contributed by atoms with E-state index < -0.39 is 5.97 Å². The van der Waals surface area contributed by atoms with Gasteiger partial charge in [0.2, 0.25) is 5.90 Å². The molecule has 0 aliphatic carbocycles. The van der Waals surface area contributed by atoms with Gasteiger partial charge in [-0.15, -0.1) is 0 Å². The third-order valence-electron chi connectivity index (χ3n) is 4.57. The lowest BCUT2D eigenvalue weighted by Crippen LogP contribution is -2.09. The Bertz CT molecular complexity index is 1160. The molecule has 3 aromatic rings. The summed E-state index contributed by atoms with van der Waals surface area (Å²) in [6.45, 7) is 0.684. The van der Waals surface area contributed by atoms with E-state index in [1.165, 1.54) is 0 Å². The minimum Gasteiger partial charge on any atom is -0.497 e. The van der Waals surface area contributed by atoms with Crippen LogP contribution in [0.5, 0.6) is 17.2 Å². The molecule has 1 heterocycles. The molecule has 0 spiro atoms. The fourth-order valence-corrected chi connectivity index (χ4v) is 3.26. The second-order valence-corrected chi connectivity index (χ2v) is 7.67. The zero-order valence-corrected chi connectivity index (χ0v) is 18.9. The lowest BCUT2D eigenvalue weighted by Gasteiger charge is -2.12. The Morgan fingerprint density at radius 2 is 1.66 bits per heavy atom. The molecule has 6 nitrogen and oxygen atoms in total. The highest BCUT2D eigenvalue weighted by atomic mass is 79.9. The molecule has 0 N–H and O–H groups in total. The standard InChI is InChI=1S/C25H20BrNO5/c1-29-21-11-12-23(31-14-13-30-20-9-7-19(26)8-10-20)18(15-21)16-22-25(28)32-24(27-22)17-5-3-2-4-6-17/h2-12,15-16H,13-14H2,1H3. The molecule has 1 aliphatic heterocycles. The Morgan fingerprint density at radius 3 is 2.41 bits per heavy atom. The van der Waals surface area contributed by atoms with Crippen LogP contribution in [0, 0.1) is 0 Å². The highest BCUT2D eigenvalue weighted by molar-refractivity contribution is 9.10. The van der Waals surface area contributed by atoms with Crippen LogP contribution in [-0.4, -0.2) is 32.2 Å². The van der Waals surface area contributed by atoms with Gasteiger partial charge in [-0.3, -0.25) is 0 Å². The summed E-state index contributed by atoms with van der Waals surface area (Å²) < 4.78 is 23.2. The van der Waals surface area contributed by atoms with E-state index in [0.29, 0.717) is 30.3 Å². The first-order chi connectivity index (χ1) is 15.6. The van der Waals surface area contributed by atoms with Crippen molar-refractivity contribution in [1.82, 2.24) is 0 Å². The fourth-order valence-electron chi connectivity index (χ4n) is 3.00. The quantitative estimate of drug-likeness (QED) is 0.243. The van der Waals surface area contributed by atoms with Gasteiger partial charge in [0.05, 0.1) is 7.11 Å². The molecule has 4 rings (SSSR count). The minimum absolute atomic E-state index is 0.188. The molecule has 0 radical (unpaired) electrons.